The van der Waals surface area contributed by atoms with Crippen molar-refractivity contribution in [2.45, 2.75) is 25.6 Å². The molecular formula is C13H14BrNO2. The molecule has 1 rings (SSSR count). The number of ether oxygens (including phenoxy) is 1. The van der Waals surface area contributed by atoms with E-state index in [9.17, 15) is 4.79 Å². The van der Waals surface area contributed by atoms with E-state index < -0.39 is 0 Å². The van der Waals surface area contributed by atoms with Crippen molar-refractivity contribution in [2.75, 3.05) is 6.61 Å². The number of carbonyl (C=O) groups is 1. The maximum atomic E-state index is 11.4. The van der Waals surface area contributed by atoms with Crippen molar-refractivity contribution < 1.29 is 9.53 Å². The lowest BCUT2D eigenvalue weighted by Crippen LogP contribution is -2.09. The van der Waals surface area contributed by atoms with E-state index in [4.69, 9.17) is 10.00 Å². The summed E-state index contributed by atoms with van der Waals surface area (Å²) in [7, 11) is 0. The highest BCUT2D eigenvalue weighted by Gasteiger charge is 2.10. The third kappa shape index (κ3) is 3.57. The number of halogens is 1. The number of aryl methyl sites for hydroxylation is 1. The molecule has 0 amide bonds. The molecule has 0 aliphatic rings. The first kappa shape index (κ1) is 13.7. The number of hydrogen-bond donors (Lipinski definition) is 0. The predicted molar refractivity (Wildman–Crippen MR) is 68.9 cm³/mol. The molecule has 90 valence electrons. The van der Waals surface area contributed by atoms with Gasteiger partial charge in [0.15, 0.2) is 0 Å². The molecule has 0 heterocycles. The number of esters is 1. The van der Waals surface area contributed by atoms with Crippen molar-refractivity contribution in [3.8, 4) is 6.07 Å². The van der Waals surface area contributed by atoms with E-state index in [-0.39, 0.29) is 12.4 Å². The number of alkyl halides is 1. The van der Waals surface area contributed by atoms with Crippen LogP contribution in [0.1, 0.15) is 29.2 Å². The van der Waals surface area contributed by atoms with Gasteiger partial charge in [0.2, 0.25) is 0 Å². The smallest absolute Gasteiger partial charge is 0.310 e. The van der Waals surface area contributed by atoms with Crippen LogP contribution in [-0.2, 0) is 21.3 Å². The lowest BCUT2D eigenvalue weighted by molar-refractivity contribution is -0.142. The third-order valence-corrected chi connectivity index (χ3v) is 3.07. The van der Waals surface area contributed by atoms with Crippen LogP contribution in [0.25, 0.3) is 0 Å². The molecule has 0 aliphatic carbocycles. The van der Waals surface area contributed by atoms with Gasteiger partial charge in [-0.05, 0) is 36.6 Å². The van der Waals surface area contributed by atoms with E-state index in [2.05, 4.69) is 22.0 Å². The van der Waals surface area contributed by atoms with Gasteiger partial charge >= 0.3 is 5.97 Å². The summed E-state index contributed by atoms with van der Waals surface area (Å²) in [4.78, 5) is 11.4. The van der Waals surface area contributed by atoms with E-state index in [1.54, 1.807) is 6.92 Å². The van der Waals surface area contributed by atoms with Gasteiger partial charge in [-0.25, -0.2) is 0 Å². The molecule has 4 heteroatoms. The minimum absolute atomic E-state index is 0.235. The Hall–Kier alpha value is -1.34. The molecule has 0 N–H and O–H groups in total. The highest BCUT2D eigenvalue weighted by atomic mass is 79.9. The predicted octanol–water partition coefficient (Wildman–Crippen LogP) is 2.87. The number of carbonyl (C=O) groups excluding carboxylic acids is 1. The summed E-state index contributed by atoms with van der Waals surface area (Å²) in [6.07, 6.45) is 0.255. The molecule has 0 fully saturated rings. The van der Waals surface area contributed by atoms with Crippen molar-refractivity contribution >= 4 is 21.9 Å². The van der Waals surface area contributed by atoms with Crippen LogP contribution < -0.4 is 0 Å². The fourth-order valence-electron chi connectivity index (χ4n) is 1.58. The zero-order valence-electron chi connectivity index (χ0n) is 9.92. The Labute approximate surface area is 110 Å². The van der Waals surface area contributed by atoms with E-state index in [0.29, 0.717) is 17.5 Å². The van der Waals surface area contributed by atoms with Crippen molar-refractivity contribution in [1.29, 1.82) is 5.26 Å². The Morgan fingerprint density at radius 3 is 2.71 bits per heavy atom. The van der Waals surface area contributed by atoms with Gasteiger partial charge in [-0.2, -0.15) is 5.26 Å². The van der Waals surface area contributed by atoms with Crippen molar-refractivity contribution in [3.05, 3.63) is 34.4 Å². The van der Waals surface area contributed by atoms with Crippen molar-refractivity contribution in [1.82, 2.24) is 0 Å². The average Bonchev–Trinajstić information content (AvgIpc) is 2.31. The summed E-state index contributed by atoms with van der Waals surface area (Å²) in [5.74, 6) is -0.235. The molecule has 0 atom stereocenters. The van der Waals surface area contributed by atoms with Crippen LogP contribution in [0.2, 0.25) is 0 Å². The summed E-state index contributed by atoms with van der Waals surface area (Å²) < 4.78 is 4.92. The molecule has 0 aliphatic heterocycles. The molecule has 0 unspecified atom stereocenters. The second-order valence-electron chi connectivity index (χ2n) is 3.66. The van der Waals surface area contributed by atoms with E-state index in [1.165, 1.54) is 0 Å². The zero-order valence-corrected chi connectivity index (χ0v) is 11.5. The van der Waals surface area contributed by atoms with Crippen LogP contribution in [0.5, 0.6) is 0 Å². The molecule has 0 radical (unpaired) electrons. The minimum Gasteiger partial charge on any atom is -0.466 e. The summed E-state index contributed by atoms with van der Waals surface area (Å²) in [5.41, 5.74) is 3.40. The van der Waals surface area contributed by atoms with Gasteiger partial charge in [0.1, 0.15) is 0 Å². The maximum absolute atomic E-state index is 11.4. The highest BCUT2D eigenvalue weighted by Crippen LogP contribution is 2.19. The van der Waals surface area contributed by atoms with Gasteiger partial charge in [-0.1, -0.05) is 22.0 Å². The molecule has 0 aromatic heterocycles. The molecular weight excluding hydrogens is 282 g/mol. The summed E-state index contributed by atoms with van der Waals surface area (Å²) in [6, 6.07) is 5.85. The first-order valence-corrected chi connectivity index (χ1v) is 6.48. The average molecular weight is 296 g/mol. The second-order valence-corrected chi connectivity index (χ2v) is 4.22. The summed E-state index contributed by atoms with van der Waals surface area (Å²) in [5, 5.41) is 9.57. The minimum atomic E-state index is -0.235. The largest absolute Gasteiger partial charge is 0.466 e. The van der Waals surface area contributed by atoms with Gasteiger partial charge in [0, 0.05) is 5.33 Å². The molecule has 0 spiro atoms. The highest BCUT2D eigenvalue weighted by molar-refractivity contribution is 9.08. The first-order chi connectivity index (χ1) is 8.12. The number of nitriles is 1. The van der Waals surface area contributed by atoms with E-state index in [0.717, 1.165) is 16.7 Å². The SMILES string of the molecule is CCOC(=O)Cc1cc(CBr)c(C#N)cc1C. The van der Waals surface area contributed by atoms with Gasteiger partial charge in [-0.3, -0.25) is 4.79 Å². The zero-order chi connectivity index (χ0) is 12.8. The van der Waals surface area contributed by atoms with Gasteiger partial charge in [0.25, 0.3) is 0 Å². The molecule has 0 saturated carbocycles. The fraction of sp³-hybridized carbons (Fsp3) is 0.385. The lowest BCUT2D eigenvalue weighted by Gasteiger charge is -2.09. The van der Waals surface area contributed by atoms with E-state index >= 15 is 0 Å². The molecule has 17 heavy (non-hydrogen) atoms. The maximum Gasteiger partial charge on any atom is 0.310 e. The quantitative estimate of drug-likeness (QED) is 0.634. The molecule has 0 bridgehead atoms. The standard InChI is InChI=1S/C13H14BrNO2/c1-3-17-13(16)6-10-5-11(7-14)12(8-15)4-9(10)2/h4-5H,3,6-7H2,1-2H3. The topological polar surface area (TPSA) is 50.1 Å². The van der Waals surface area contributed by atoms with Crippen LogP contribution in [0.4, 0.5) is 0 Å². The van der Waals surface area contributed by atoms with Gasteiger partial charge in [0.05, 0.1) is 24.7 Å². The second kappa shape index (κ2) is 6.41. The Bertz CT molecular complexity index is 463. The Balaban J connectivity index is 3.01. The molecule has 1 aromatic carbocycles. The molecule has 3 nitrogen and oxygen atoms in total. The lowest BCUT2D eigenvalue weighted by atomic mass is 9.99. The summed E-state index contributed by atoms with van der Waals surface area (Å²) in [6.45, 7) is 4.07. The normalized spacial score (nSPS) is 9.76. The molecule has 0 saturated heterocycles. The Morgan fingerprint density at radius 2 is 2.18 bits per heavy atom. The number of hydrogen-bond acceptors (Lipinski definition) is 3. The van der Waals surface area contributed by atoms with Crippen LogP contribution in [0.15, 0.2) is 12.1 Å². The van der Waals surface area contributed by atoms with Gasteiger partial charge < -0.3 is 4.74 Å². The van der Waals surface area contributed by atoms with E-state index in [1.807, 2.05) is 19.1 Å². The Morgan fingerprint density at radius 1 is 1.47 bits per heavy atom. The van der Waals surface area contributed by atoms with Crippen LogP contribution in [-0.4, -0.2) is 12.6 Å². The number of rotatable bonds is 4. The van der Waals surface area contributed by atoms with Crippen LogP contribution >= 0.6 is 15.9 Å². The first-order valence-electron chi connectivity index (χ1n) is 5.36. The number of nitrogens with zero attached hydrogens (tertiary/aromatic N) is 1. The monoisotopic (exact) mass is 295 g/mol. The number of benzene rings is 1. The van der Waals surface area contributed by atoms with Crippen LogP contribution in [0.3, 0.4) is 0 Å². The van der Waals surface area contributed by atoms with Crippen molar-refractivity contribution in [2.24, 2.45) is 0 Å². The fourth-order valence-corrected chi connectivity index (χ4v) is 2.04. The third-order valence-electron chi connectivity index (χ3n) is 2.47. The Kier molecular flexibility index (Phi) is 5.17. The van der Waals surface area contributed by atoms with Gasteiger partial charge in [-0.15, -0.1) is 0 Å². The summed E-state index contributed by atoms with van der Waals surface area (Å²) >= 11 is 3.34. The van der Waals surface area contributed by atoms with Crippen LogP contribution in [0, 0.1) is 18.3 Å². The molecule has 1 aromatic rings. The van der Waals surface area contributed by atoms with Crippen molar-refractivity contribution in [3.63, 3.8) is 0 Å².